The highest BCUT2D eigenvalue weighted by Gasteiger charge is 2.18. The van der Waals surface area contributed by atoms with E-state index < -0.39 is 0 Å². The molecule has 21 heavy (non-hydrogen) atoms. The lowest BCUT2D eigenvalue weighted by atomic mass is 9.99. The fraction of sp³-hybridized carbons (Fsp3) is 0.188. The molecule has 2 atom stereocenters. The number of rotatable bonds is 5. The maximum Gasteiger partial charge on any atom is 0.141 e. The average Bonchev–Trinajstić information content (AvgIpc) is 3.09. The summed E-state index contributed by atoms with van der Waals surface area (Å²) in [6.45, 7) is 2.07. The van der Waals surface area contributed by atoms with Crippen LogP contribution in [0.25, 0.3) is 0 Å². The molecule has 1 aromatic carbocycles. The summed E-state index contributed by atoms with van der Waals surface area (Å²) in [5, 5.41) is 10.4. The van der Waals surface area contributed by atoms with Crippen molar-refractivity contribution in [1.82, 2.24) is 25.5 Å². The van der Waals surface area contributed by atoms with E-state index in [2.05, 4.69) is 44.5 Å². The number of nitrogens with one attached hydrogen (secondary N) is 2. The van der Waals surface area contributed by atoms with E-state index in [-0.39, 0.29) is 12.1 Å². The van der Waals surface area contributed by atoms with Gasteiger partial charge in [-0.2, -0.15) is 5.10 Å². The smallest absolute Gasteiger partial charge is 0.141 e. The van der Waals surface area contributed by atoms with Crippen molar-refractivity contribution in [1.29, 1.82) is 0 Å². The van der Waals surface area contributed by atoms with Crippen molar-refractivity contribution in [3.8, 4) is 0 Å². The van der Waals surface area contributed by atoms with Crippen LogP contribution < -0.4 is 5.32 Å². The van der Waals surface area contributed by atoms with E-state index in [0.29, 0.717) is 0 Å². The first-order valence-electron chi connectivity index (χ1n) is 6.91. The van der Waals surface area contributed by atoms with Crippen molar-refractivity contribution in [2.75, 3.05) is 0 Å². The Kier molecular flexibility index (Phi) is 4.02. The molecule has 0 fully saturated rings. The van der Waals surface area contributed by atoms with Crippen LogP contribution >= 0.6 is 0 Å². The lowest BCUT2D eigenvalue weighted by Gasteiger charge is -2.23. The number of aromatic amines is 1. The molecule has 0 radical (unpaired) electrons. The SMILES string of the molecule is CC(NC(c1ccccc1)c1ccncc1)c1ncn[nH]1. The molecule has 0 amide bonds. The van der Waals surface area contributed by atoms with Crippen LogP contribution in [0.3, 0.4) is 0 Å². The van der Waals surface area contributed by atoms with Gasteiger partial charge in [0.15, 0.2) is 0 Å². The molecular weight excluding hydrogens is 262 g/mol. The first-order chi connectivity index (χ1) is 10.3. The monoisotopic (exact) mass is 279 g/mol. The van der Waals surface area contributed by atoms with Crippen molar-refractivity contribution in [2.45, 2.75) is 19.0 Å². The van der Waals surface area contributed by atoms with Gasteiger partial charge in [0.2, 0.25) is 0 Å². The second-order valence-electron chi connectivity index (χ2n) is 4.88. The first-order valence-corrected chi connectivity index (χ1v) is 6.91. The molecule has 0 spiro atoms. The summed E-state index contributed by atoms with van der Waals surface area (Å²) in [5.74, 6) is 0.824. The summed E-state index contributed by atoms with van der Waals surface area (Å²) < 4.78 is 0. The third kappa shape index (κ3) is 3.14. The second kappa shape index (κ2) is 6.28. The van der Waals surface area contributed by atoms with Crippen LogP contribution in [0.2, 0.25) is 0 Å². The Morgan fingerprint density at radius 1 is 1.00 bits per heavy atom. The van der Waals surface area contributed by atoms with Gasteiger partial charge >= 0.3 is 0 Å². The van der Waals surface area contributed by atoms with Gasteiger partial charge in [-0.15, -0.1) is 0 Å². The molecule has 5 nitrogen and oxygen atoms in total. The molecule has 5 heteroatoms. The molecule has 3 aromatic rings. The van der Waals surface area contributed by atoms with Gasteiger partial charge in [-0.05, 0) is 30.2 Å². The summed E-state index contributed by atoms with van der Waals surface area (Å²) in [4.78, 5) is 8.31. The van der Waals surface area contributed by atoms with Crippen molar-refractivity contribution in [3.05, 3.63) is 78.1 Å². The summed E-state index contributed by atoms with van der Waals surface area (Å²) >= 11 is 0. The molecule has 106 valence electrons. The normalized spacial score (nSPS) is 13.8. The van der Waals surface area contributed by atoms with Crippen LogP contribution in [0.4, 0.5) is 0 Å². The Balaban J connectivity index is 1.90. The zero-order valence-electron chi connectivity index (χ0n) is 11.8. The maximum absolute atomic E-state index is 4.22. The van der Waals surface area contributed by atoms with Gasteiger partial charge in [0.25, 0.3) is 0 Å². The molecular formula is C16H17N5. The van der Waals surface area contributed by atoms with Crippen LogP contribution in [0.1, 0.15) is 36.0 Å². The van der Waals surface area contributed by atoms with Crippen LogP contribution in [-0.4, -0.2) is 20.2 Å². The topological polar surface area (TPSA) is 66.5 Å². The number of nitrogens with zero attached hydrogens (tertiary/aromatic N) is 3. The number of hydrogen-bond donors (Lipinski definition) is 2. The maximum atomic E-state index is 4.22. The number of aromatic nitrogens is 4. The number of H-pyrrole nitrogens is 1. The van der Waals surface area contributed by atoms with Crippen LogP contribution in [0.15, 0.2) is 61.2 Å². The number of pyridine rings is 1. The predicted octanol–water partition coefficient (Wildman–Crippen LogP) is 2.64. The molecule has 2 heterocycles. The van der Waals surface area contributed by atoms with Gasteiger partial charge in [0.1, 0.15) is 12.2 Å². The lowest BCUT2D eigenvalue weighted by Crippen LogP contribution is -2.26. The Hall–Kier alpha value is -2.53. The highest BCUT2D eigenvalue weighted by Crippen LogP contribution is 2.24. The Labute approximate surface area is 123 Å². The largest absolute Gasteiger partial charge is 0.297 e. The highest BCUT2D eigenvalue weighted by atomic mass is 15.2. The molecule has 3 rings (SSSR count). The quantitative estimate of drug-likeness (QED) is 0.753. The summed E-state index contributed by atoms with van der Waals surface area (Å²) in [6, 6.07) is 14.5. The summed E-state index contributed by atoms with van der Waals surface area (Å²) in [7, 11) is 0. The van der Waals surface area contributed by atoms with Crippen molar-refractivity contribution >= 4 is 0 Å². The number of benzene rings is 1. The van der Waals surface area contributed by atoms with E-state index in [4.69, 9.17) is 0 Å². The minimum atomic E-state index is 0.0610. The Morgan fingerprint density at radius 2 is 1.71 bits per heavy atom. The van der Waals surface area contributed by atoms with E-state index >= 15 is 0 Å². The van der Waals surface area contributed by atoms with Crippen molar-refractivity contribution in [2.24, 2.45) is 0 Å². The molecule has 2 N–H and O–H groups in total. The standard InChI is InChI=1S/C16H17N5/c1-12(16-18-11-19-21-16)20-15(13-5-3-2-4-6-13)14-7-9-17-10-8-14/h2-12,15,20H,1H3,(H,18,19,21). The third-order valence-corrected chi connectivity index (χ3v) is 3.43. The molecule has 0 aliphatic heterocycles. The molecule has 2 unspecified atom stereocenters. The first kappa shape index (κ1) is 13.5. The molecule has 0 saturated heterocycles. The second-order valence-corrected chi connectivity index (χ2v) is 4.88. The third-order valence-electron chi connectivity index (χ3n) is 3.43. The predicted molar refractivity (Wildman–Crippen MR) is 80.5 cm³/mol. The summed E-state index contributed by atoms with van der Waals surface area (Å²) in [6.07, 6.45) is 5.15. The highest BCUT2D eigenvalue weighted by molar-refractivity contribution is 5.30. The van der Waals surface area contributed by atoms with Gasteiger partial charge in [0, 0.05) is 12.4 Å². The lowest BCUT2D eigenvalue weighted by molar-refractivity contribution is 0.497. The minimum absolute atomic E-state index is 0.0610. The zero-order chi connectivity index (χ0) is 14.5. The van der Waals surface area contributed by atoms with Gasteiger partial charge < -0.3 is 0 Å². The van der Waals surface area contributed by atoms with E-state index in [1.54, 1.807) is 0 Å². The van der Waals surface area contributed by atoms with E-state index in [0.717, 1.165) is 5.82 Å². The van der Waals surface area contributed by atoms with E-state index in [1.807, 2.05) is 42.7 Å². The molecule has 2 aromatic heterocycles. The molecule has 0 aliphatic carbocycles. The zero-order valence-corrected chi connectivity index (χ0v) is 11.8. The summed E-state index contributed by atoms with van der Waals surface area (Å²) in [5.41, 5.74) is 2.37. The fourth-order valence-electron chi connectivity index (χ4n) is 2.34. The van der Waals surface area contributed by atoms with Gasteiger partial charge in [0.05, 0.1) is 12.1 Å². The average molecular weight is 279 g/mol. The van der Waals surface area contributed by atoms with Gasteiger partial charge in [-0.1, -0.05) is 30.3 Å². The van der Waals surface area contributed by atoms with Gasteiger partial charge in [-0.25, -0.2) is 4.98 Å². The van der Waals surface area contributed by atoms with E-state index in [1.165, 1.54) is 17.5 Å². The van der Waals surface area contributed by atoms with Crippen LogP contribution in [-0.2, 0) is 0 Å². The fourth-order valence-corrected chi connectivity index (χ4v) is 2.34. The minimum Gasteiger partial charge on any atom is -0.297 e. The van der Waals surface area contributed by atoms with E-state index in [9.17, 15) is 0 Å². The van der Waals surface area contributed by atoms with Crippen LogP contribution in [0, 0.1) is 0 Å². The Bertz CT molecular complexity index is 612. The van der Waals surface area contributed by atoms with Crippen molar-refractivity contribution in [3.63, 3.8) is 0 Å². The van der Waals surface area contributed by atoms with Gasteiger partial charge in [-0.3, -0.25) is 15.4 Å². The molecule has 0 saturated carbocycles. The molecule has 0 bridgehead atoms. The van der Waals surface area contributed by atoms with Crippen LogP contribution in [0.5, 0.6) is 0 Å². The molecule has 0 aliphatic rings. The van der Waals surface area contributed by atoms with Crippen molar-refractivity contribution < 1.29 is 0 Å². The number of hydrogen-bond acceptors (Lipinski definition) is 4. The Morgan fingerprint density at radius 3 is 2.38 bits per heavy atom.